The van der Waals surface area contributed by atoms with Gasteiger partial charge in [-0.15, -0.1) is 0 Å². The fraction of sp³-hybridized carbons (Fsp3) is 0.600. The van der Waals surface area contributed by atoms with E-state index in [-0.39, 0.29) is 5.54 Å². The first-order valence-electron chi connectivity index (χ1n) is 2.12. The molecule has 1 saturated carbocycles. The molecule has 0 amide bonds. The fourth-order valence-corrected chi connectivity index (χ4v) is 0.311. The summed E-state index contributed by atoms with van der Waals surface area (Å²) in [6, 6.07) is 0. The van der Waals surface area contributed by atoms with Gasteiger partial charge in [0, 0.05) is 5.54 Å². The summed E-state index contributed by atoms with van der Waals surface area (Å²) in [5.41, 5.74) is 5.41. The summed E-state index contributed by atoms with van der Waals surface area (Å²) in [6.45, 7) is 5.12. The van der Waals surface area contributed by atoms with Crippen LogP contribution in [0.5, 0.6) is 0 Å². The van der Waals surface area contributed by atoms with Crippen molar-refractivity contribution >= 4 is 0 Å². The molecule has 0 bridgehead atoms. The Kier molecular flexibility index (Phi) is 0.549. The molecule has 0 atom stereocenters. The van der Waals surface area contributed by atoms with E-state index in [2.05, 4.69) is 0 Å². The maximum Gasteiger partial charge on any atom is 0.0343 e. The topological polar surface area (TPSA) is 26.0 Å². The van der Waals surface area contributed by atoms with Crippen molar-refractivity contribution < 1.29 is 0 Å². The van der Waals surface area contributed by atoms with Crippen LogP contribution in [0.25, 0.3) is 0 Å². The average molecular weight is 82.1 g/mol. The SMILES string of the molecule is [CH]=CC1(N)CC1. The molecule has 1 heteroatoms. The number of hydrogen-bond donors (Lipinski definition) is 1. The summed E-state index contributed by atoms with van der Waals surface area (Å²) in [5, 5.41) is 0. The van der Waals surface area contributed by atoms with E-state index in [0.717, 1.165) is 12.8 Å². The third-order valence-electron chi connectivity index (χ3n) is 1.16. The van der Waals surface area contributed by atoms with E-state index in [0.29, 0.717) is 0 Å². The Morgan fingerprint density at radius 2 is 2.17 bits per heavy atom. The van der Waals surface area contributed by atoms with Crippen LogP contribution in [0.3, 0.4) is 0 Å². The molecule has 0 spiro atoms. The molecule has 0 aromatic heterocycles. The quantitative estimate of drug-likeness (QED) is 0.489. The zero-order chi connectivity index (χ0) is 4.62. The lowest BCUT2D eigenvalue weighted by Gasteiger charge is -1.92. The van der Waals surface area contributed by atoms with Crippen molar-refractivity contribution in [3.05, 3.63) is 12.7 Å². The summed E-state index contributed by atoms with van der Waals surface area (Å²) in [5.74, 6) is 0. The highest BCUT2D eigenvalue weighted by atomic mass is 14.8. The van der Waals surface area contributed by atoms with E-state index in [1.54, 1.807) is 6.08 Å². The Hall–Kier alpha value is -0.300. The molecule has 1 aliphatic rings. The predicted molar refractivity (Wildman–Crippen MR) is 25.0 cm³/mol. The van der Waals surface area contributed by atoms with E-state index in [4.69, 9.17) is 12.3 Å². The average Bonchev–Trinajstić information content (AvgIpc) is 2.22. The Morgan fingerprint density at radius 3 is 2.17 bits per heavy atom. The first-order chi connectivity index (χ1) is 2.77. The van der Waals surface area contributed by atoms with Crippen molar-refractivity contribution in [2.24, 2.45) is 5.73 Å². The maximum absolute atomic E-state index is 5.47. The molecule has 1 fully saturated rings. The lowest BCUT2D eigenvalue weighted by molar-refractivity contribution is 0.857. The van der Waals surface area contributed by atoms with Gasteiger partial charge in [0.25, 0.3) is 0 Å². The number of rotatable bonds is 1. The van der Waals surface area contributed by atoms with Gasteiger partial charge in [-0.1, -0.05) is 12.7 Å². The minimum absolute atomic E-state index is 0.0556. The Bertz CT molecular complexity index is 72.0. The predicted octanol–water partition coefficient (Wildman–Crippen LogP) is 0.467. The van der Waals surface area contributed by atoms with E-state index in [9.17, 15) is 0 Å². The zero-order valence-electron chi connectivity index (χ0n) is 3.65. The molecular formula is C5H8N. The second kappa shape index (κ2) is 0.850. The molecule has 1 radical (unpaired) electrons. The molecule has 2 N–H and O–H groups in total. The van der Waals surface area contributed by atoms with Gasteiger partial charge >= 0.3 is 0 Å². The molecule has 1 aliphatic carbocycles. The largest absolute Gasteiger partial charge is 0.322 e. The lowest BCUT2D eigenvalue weighted by atomic mass is 10.3. The summed E-state index contributed by atoms with van der Waals surface area (Å²) in [7, 11) is 0. The maximum atomic E-state index is 5.47. The van der Waals surface area contributed by atoms with Gasteiger partial charge in [-0.25, -0.2) is 0 Å². The van der Waals surface area contributed by atoms with Gasteiger partial charge in [-0.05, 0) is 12.8 Å². The van der Waals surface area contributed by atoms with Crippen molar-refractivity contribution in [3.63, 3.8) is 0 Å². The van der Waals surface area contributed by atoms with Crippen LogP contribution in [0.4, 0.5) is 0 Å². The van der Waals surface area contributed by atoms with Gasteiger partial charge in [-0.2, -0.15) is 0 Å². The van der Waals surface area contributed by atoms with Gasteiger partial charge in [0.2, 0.25) is 0 Å². The summed E-state index contributed by atoms with van der Waals surface area (Å²) in [4.78, 5) is 0. The van der Waals surface area contributed by atoms with Crippen molar-refractivity contribution in [2.45, 2.75) is 18.4 Å². The zero-order valence-corrected chi connectivity index (χ0v) is 3.65. The van der Waals surface area contributed by atoms with E-state index in [1.807, 2.05) is 0 Å². The first kappa shape index (κ1) is 3.88. The molecule has 1 rings (SSSR count). The molecule has 33 valence electrons. The molecule has 6 heavy (non-hydrogen) atoms. The van der Waals surface area contributed by atoms with Crippen LogP contribution in [0.1, 0.15) is 12.8 Å². The Morgan fingerprint density at radius 1 is 1.67 bits per heavy atom. The normalized spacial score (nSPS) is 26.2. The van der Waals surface area contributed by atoms with Crippen molar-refractivity contribution in [1.29, 1.82) is 0 Å². The van der Waals surface area contributed by atoms with Gasteiger partial charge in [-0.3, -0.25) is 0 Å². The van der Waals surface area contributed by atoms with Gasteiger partial charge in [0.15, 0.2) is 0 Å². The van der Waals surface area contributed by atoms with Crippen LogP contribution in [0.15, 0.2) is 6.08 Å². The van der Waals surface area contributed by atoms with Gasteiger partial charge < -0.3 is 5.73 Å². The minimum Gasteiger partial charge on any atom is -0.322 e. The van der Waals surface area contributed by atoms with Crippen molar-refractivity contribution in [2.75, 3.05) is 0 Å². The molecule has 0 aromatic carbocycles. The van der Waals surface area contributed by atoms with E-state index in [1.165, 1.54) is 0 Å². The third kappa shape index (κ3) is 0.455. The van der Waals surface area contributed by atoms with Gasteiger partial charge in [0.1, 0.15) is 0 Å². The molecule has 0 aliphatic heterocycles. The highest BCUT2D eigenvalue weighted by Gasteiger charge is 2.34. The Balaban J connectivity index is 2.47. The van der Waals surface area contributed by atoms with Crippen LogP contribution in [-0.2, 0) is 0 Å². The Labute approximate surface area is 37.8 Å². The molecule has 0 aromatic rings. The summed E-state index contributed by atoms with van der Waals surface area (Å²) >= 11 is 0. The lowest BCUT2D eigenvalue weighted by Crippen LogP contribution is -2.16. The van der Waals surface area contributed by atoms with Crippen LogP contribution < -0.4 is 5.73 Å². The number of nitrogens with two attached hydrogens (primary N) is 1. The molecule has 0 unspecified atom stereocenters. The summed E-state index contributed by atoms with van der Waals surface area (Å²) in [6.07, 6.45) is 3.72. The first-order valence-corrected chi connectivity index (χ1v) is 2.12. The third-order valence-corrected chi connectivity index (χ3v) is 1.16. The number of hydrogen-bond acceptors (Lipinski definition) is 1. The standard InChI is InChI=1S/C5H8N/c1-2-5(6)3-4-5/h1-2H,3-4,6H2. The van der Waals surface area contributed by atoms with Crippen LogP contribution in [0.2, 0.25) is 0 Å². The fourth-order valence-electron chi connectivity index (χ4n) is 0.311. The summed E-state index contributed by atoms with van der Waals surface area (Å²) < 4.78 is 0. The molecule has 1 nitrogen and oxygen atoms in total. The van der Waals surface area contributed by atoms with E-state index < -0.39 is 0 Å². The monoisotopic (exact) mass is 82.1 g/mol. The smallest absolute Gasteiger partial charge is 0.0343 e. The van der Waals surface area contributed by atoms with Crippen LogP contribution >= 0.6 is 0 Å². The van der Waals surface area contributed by atoms with Crippen molar-refractivity contribution in [1.82, 2.24) is 0 Å². The van der Waals surface area contributed by atoms with E-state index >= 15 is 0 Å². The molecule has 0 saturated heterocycles. The van der Waals surface area contributed by atoms with Crippen LogP contribution in [0, 0.1) is 6.58 Å². The van der Waals surface area contributed by atoms with Crippen LogP contribution in [-0.4, -0.2) is 5.54 Å². The van der Waals surface area contributed by atoms with Gasteiger partial charge in [0.05, 0.1) is 0 Å². The molecular weight excluding hydrogens is 74.1 g/mol. The highest BCUT2D eigenvalue weighted by Crippen LogP contribution is 2.32. The molecule has 0 heterocycles. The minimum atomic E-state index is -0.0556. The van der Waals surface area contributed by atoms with Crippen molar-refractivity contribution in [3.8, 4) is 0 Å². The second-order valence-electron chi connectivity index (χ2n) is 1.90. The highest BCUT2D eigenvalue weighted by molar-refractivity contribution is 5.10. The second-order valence-corrected chi connectivity index (χ2v) is 1.90.